The lowest BCUT2D eigenvalue weighted by molar-refractivity contribution is -0.121. The second-order valence-corrected chi connectivity index (χ2v) is 4.32. The van der Waals surface area contributed by atoms with Crippen LogP contribution in [0.5, 0.6) is 5.75 Å². The third kappa shape index (κ3) is 4.75. The van der Waals surface area contributed by atoms with Gasteiger partial charge in [-0.3, -0.25) is 4.79 Å². The molecule has 0 heterocycles. The molecule has 4 heteroatoms. The van der Waals surface area contributed by atoms with E-state index in [4.69, 9.17) is 9.84 Å². The Morgan fingerprint density at radius 2 is 2.17 bits per heavy atom. The molecule has 1 aromatic carbocycles. The molecule has 18 heavy (non-hydrogen) atoms. The third-order valence-electron chi connectivity index (χ3n) is 2.75. The molecule has 0 aromatic heterocycles. The zero-order chi connectivity index (χ0) is 13.4. The van der Waals surface area contributed by atoms with Crippen LogP contribution < -0.4 is 10.1 Å². The first-order chi connectivity index (χ1) is 8.67. The molecule has 1 atom stereocenters. The summed E-state index contributed by atoms with van der Waals surface area (Å²) in [4.78, 5) is 11.8. The van der Waals surface area contributed by atoms with Gasteiger partial charge in [0.2, 0.25) is 5.91 Å². The highest BCUT2D eigenvalue weighted by Gasteiger charge is 2.10. The smallest absolute Gasteiger partial charge is 0.224 e. The van der Waals surface area contributed by atoms with Gasteiger partial charge in [0.25, 0.3) is 0 Å². The molecule has 4 nitrogen and oxygen atoms in total. The summed E-state index contributed by atoms with van der Waals surface area (Å²) in [6, 6.07) is 7.58. The van der Waals surface area contributed by atoms with Gasteiger partial charge >= 0.3 is 0 Å². The Morgan fingerprint density at radius 1 is 1.44 bits per heavy atom. The van der Waals surface area contributed by atoms with E-state index in [1.165, 1.54) is 0 Å². The van der Waals surface area contributed by atoms with Gasteiger partial charge in [-0.2, -0.15) is 0 Å². The molecule has 0 saturated heterocycles. The average molecular weight is 251 g/mol. The number of carbonyl (C=O) groups is 1. The van der Waals surface area contributed by atoms with E-state index in [-0.39, 0.29) is 18.6 Å². The van der Waals surface area contributed by atoms with Crippen LogP contribution in [0.3, 0.4) is 0 Å². The molecule has 0 fully saturated rings. The van der Waals surface area contributed by atoms with Crippen LogP contribution in [0.25, 0.3) is 0 Å². The minimum absolute atomic E-state index is 0.0232. The number of nitrogens with one attached hydrogen (secondary N) is 1. The molecule has 0 radical (unpaired) electrons. The molecule has 0 aliphatic rings. The second kappa shape index (κ2) is 7.71. The van der Waals surface area contributed by atoms with Crippen LogP contribution in [0.1, 0.15) is 25.3 Å². The number of rotatable bonds is 7. The molecule has 1 rings (SSSR count). The number of amides is 1. The summed E-state index contributed by atoms with van der Waals surface area (Å²) >= 11 is 0. The highest BCUT2D eigenvalue weighted by Crippen LogP contribution is 2.17. The summed E-state index contributed by atoms with van der Waals surface area (Å²) in [7, 11) is 1.60. The van der Waals surface area contributed by atoms with E-state index in [9.17, 15) is 4.79 Å². The maximum absolute atomic E-state index is 11.8. The van der Waals surface area contributed by atoms with E-state index in [0.717, 1.165) is 17.7 Å². The van der Waals surface area contributed by atoms with E-state index in [1.54, 1.807) is 7.11 Å². The highest BCUT2D eigenvalue weighted by molar-refractivity contribution is 5.79. The van der Waals surface area contributed by atoms with Crippen molar-refractivity contribution >= 4 is 5.91 Å². The highest BCUT2D eigenvalue weighted by atomic mass is 16.5. The first-order valence-electron chi connectivity index (χ1n) is 6.19. The molecule has 1 aromatic rings. The molecule has 0 bridgehead atoms. The van der Waals surface area contributed by atoms with E-state index in [0.29, 0.717) is 12.8 Å². The molecule has 100 valence electrons. The van der Waals surface area contributed by atoms with Gasteiger partial charge in [0.1, 0.15) is 5.75 Å². The van der Waals surface area contributed by atoms with E-state index < -0.39 is 0 Å². The SMILES string of the molecule is COc1ccccc1CC(=O)NC(C)CCCO. The largest absolute Gasteiger partial charge is 0.496 e. The van der Waals surface area contributed by atoms with Crippen LogP contribution in [0.4, 0.5) is 0 Å². The average Bonchev–Trinajstić information content (AvgIpc) is 2.36. The monoisotopic (exact) mass is 251 g/mol. The van der Waals surface area contributed by atoms with Crippen LogP contribution in [0.15, 0.2) is 24.3 Å². The van der Waals surface area contributed by atoms with Gasteiger partial charge in [-0.05, 0) is 25.8 Å². The maximum atomic E-state index is 11.8. The molecule has 1 unspecified atom stereocenters. The van der Waals surface area contributed by atoms with Crippen molar-refractivity contribution in [1.82, 2.24) is 5.32 Å². The fourth-order valence-electron chi connectivity index (χ4n) is 1.82. The van der Waals surface area contributed by atoms with Crippen LogP contribution in [0, 0.1) is 0 Å². The van der Waals surface area contributed by atoms with Crippen molar-refractivity contribution in [2.75, 3.05) is 13.7 Å². The topological polar surface area (TPSA) is 58.6 Å². The van der Waals surface area contributed by atoms with Crippen molar-refractivity contribution in [1.29, 1.82) is 0 Å². The quantitative estimate of drug-likeness (QED) is 0.772. The van der Waals surface area contributed by atoms with E-state index in [1.807, 2.05) is 31.2 Å². The predicted octanol–water partition coefficient (Wildman–Crippen LogP) is 1.51. The molecular formula is C14H21NO3. The van der Waals surface area contributed by atoms with Crippen LogP contribution in [-0.4, -0.2) is 30.8 Å². The number of aliphatic hydroxyl groups excluding tert-OH is 1. The number of ether oxygens (including phenoxy) is 1. The zero-order valence-corrected chi connectivity index (χ0v) is 11.0. The van der Waals surface area contributed by atoms with Crippen molar-refractivity contribution in [3.8, 4) is 5.75 Å². The number of carbonyl (C=O) groups excluding carboxylic acids is 1. The molecular weight excluding hydrogens is 230 g/mol. The van der Waals surface area contributed by atoms with Crippen LogP contribution >= 0.6 is 0 Å². The van der Waals surface area contributed by atoms with Gasteiger partial charge in [-0.25, -0.2) is 0 Å². The van der Waals surface area contributed by atoms with Crippen LogP contribution in [-0.2, 0) is 11.2 Å². The van der Waals surface area contributed by atoms with E-state index >= 15 is 0 Å². The number of hydrogen-bond acceptors (Lipinski definition) is 3. The Morgan fingerprint density at radius 3 is 2.83 bits per heavy atom. The minimum Gasteiger partial charge on any atom is -0.496 e. The van der Waals surface area contributed by atoms with Gasteiger partial charge in [0, 0.05) is 18.2 Å². The van der Waals surface area contributed by atoms with Crippen LogP contribution in [0.2, 0.25) is 0 Å². The molecule has 0 saturated carbocycles. The number of methoxy groups -OCH3 is 1. The van der Waals surface area contributed by atoms with Crippen molar-refractivity contribution in [3.05, 3.63) is 29.8 Å². The summed E-state index contributed by atoms with van der Waals surface area (Å²) in [5.41, 5.74) is 0.881. The fourth-order valence-corrected chi connectivity index (χ4v) is 1.82. The van der Waals surface area contributed by atoms with E-state index in [2.05, 4.69) is 5.32 Å². The second-order valence-electron chi connectivity index (χ2n) is 4.32. The zero-order valence-electron chi connectivity index (χ0n) is 11.0. The number of aliphatic hydroxyl groups is 1. The minimum atomic E-state index is -0.0232. The lowest BCUT2D eigenvalue weighted by atomic mass is 10.1. The standard InChI is InChI=1S/C14H21NO3/c1-11(6-5-9-16)15-14(17)10-12-7-3-4-8-13(12)18-2/h3-4,7-8,11,16H,5-6,9-10H2,1-2H3,(H,15,17). The molecule has 0 aliphatic carbocycles. The maximum Gasteiger partial charge on any atom is 0.224 e. The molecule has 0 spiro atoms. The lowest BCUT2D eigenvalue weighted by Gasteiger charge is -2.14. The Bertz CT molecular complexity index is 379. The first-order valence-corrected chi connectivity index (χ1v) is 6.19. The lowest BCUT2D eigenvalue weighted by Crippen LogP contribution is -2.33. The number of para-hydroxylation sites is 1. The summed E-state index contributed by atoms with van der Waals surface area (Å²) < 4.78 is 5.20. The van der Waals surface area contributed by atoms with Gasteiger partial charge in [-0.1, -0.05) is 18.2 Å². The van der Waals surface area contributed by atoms with Gasteiger partial charge in [-0.15, -0.1) is 0 Å². The Labute approximate surface area is 108 Å². The van der Waals surface area contributed by atoms with Crippen molar-refractivity contribution in [2.45, 2.75) is 32.2 Å². The fraction of sp³-hybridized carbons (Fsp3) is 0.500. The Kier molecular flexibility index (Phi) is 6.22. The molecule has 0 aliphatic heterocycles. The van der Waals surface area contributed by atoms with Crippen molar-refractivity contribution in [3.63, 3.8) is 0 Å². The predicted molar refractivity (Wildman–Crippen MR) is 70.6 cm³/mol. The van der Waals surface area contributed by atoms with Gasteiger partial charge in [0.15, 0.2) is 0 Å². The van der Waals surface area contributed by atoms with Gasteiger partial charge < -0.3 is 15.2 Å². The van der Waals surface area contributed by atoms with Crippen molar-refractivity contribution < 1.29 is 14.6 Å². The summed E-state index contributed by atoms with van der Waals surface area (Å²) in [6.45, 7) is 2.10. The summed E-state index contributed by atoms with van der Waals surface area (Å²) in [6.07, 6.45) is 1.80. The summed E-state index contributed by atoms with van der Waals surface area (Å²) in [5.74, 6) is 0.709. The Hall–Kier alpha value is -1.55. The normalized spacial score (nSPS) is 11.9. The molecule has 2 N–H and O–H groups in total. The number of hydrogen-bond donors (Lipinski definition) is 2. The first kappa shape index (κ1) is 14.5. The Balaban J connectivity index is 2.49. The summed E-state index contributed by atoms with van der Waals surface area (Å²) in [5, 5.41) is 11.6. The number of benzene rings is 1. The molecule has 1 amide bonds. The third-order valence-corrected chi connectivity index (χ3v) is 2.75. The van der Waals surface area contributed by atoms with Gasteiger partial charge in [0.05, 0.1) is 13.5 Å². The van der Waals surface area contributed by atoms with Crippen molar-refractivity contribution in [2.24, 2.45) is 0 Å².